The number of hydrogen-bond acceptors (Lipinski definition) is 2. The molecule has 124 valence electrons. The first kappa shape index (κ1) is 17.1. The molecule has 0 spiro atoms. The normalized spacial score (nSPS) is 17.7. The minimum atomic E-state index is -5.62. The summed E-state index contributed by atoms with van der Waals surface area (Å²) in [7, 11) is 0. The van der Waals surface area contributed by atoms with Gasteiger partial charge in [-0.3, -0.25) is 4.90 Å². The van der Waals surface area contributed by atoms with Gasteiger partial charge in [0.1, 0.15) is 0 Å². The summed E-state index contributed by atoms with van der Waals surface area (Å²) in [6, 6.07) is 4.64. The summed E-state index contributed by atoms with van der Waals surface area (Å²) in [6.07, 6.45) is -2.37. The summed E-state index contributed by atoms with van der Waals surface area (Å²) >= 11 is 0. The van der Waals surface area contributed by atoms with Crippen LogP contribution in [0.3, 0.4) is 0 Å². The SMILES string of the molecule is FC(F)(F)C(F)(F)c1ccccc1COCN1CCCCC1. The number of ether oxygens (including phenoxy) is 1. The molecule has 1 aliphatic heterocycles. The minimum Gasteiger partial charge on any atom is -0.361 e. The van der Waals surface area contributed by atoms with E-state index in [4.69, 9.17) is 4.74 Å². The van der Waals surface area contributed by atoms with Crippen LogP contribution >= 0.6 is 0 Å². The van der Waals surface area contributed by atoms with E-state index in [1.165, 1.54) is 18.2 Å². The van der Waals surface area contributed by atoms with Gasteiger partial charge in [0.15, 0.2) is 0 Å². The Labute approximate surface area is 125 Å². The number of halogens is 5. The summed E-state index contributed by atoms with van der Waals surface area (Å²) in [5, 5.41) is 0. The third-order valence-corrected chi connectivity index (χ3v) is 3.69. The quantitative estimate of drug-likeness (QED) is 0.749. The van der Waals surface area contributed by atoms with Crippen molar-refractivity contribution in [2.45, 2.75) is 38.0 Å². The lowest BCUT2D eigenvalue weighted by Gasteiger charge is -2.26. The molecule has 0 aromatic heterocycles. The molecule has 1 saturated heterocycles. The number of nitrogens with zero attached hydrogens (tertiary/aromatic N) is 1. The lowest BCUT2D eigenvalue weighted by Crippen LogP contribution is -2.35. The van der Waals surface area contributed by atoms with Crippen LogP contribution in [0.2, 0.25) is 0 Å². The molecule has 22 heavy (non-hydrogen) atoms. The van der Waals surface area contributed by atoms with Gasteiger partial charge in [0.25, 0.3) is 0 Å². The summed E-state index contributed by atoms with van der Waals surface area (Å²) in [5.41, 5.74) is -1.18. The fourth-order valence-electron chi connectivity index (χ4n) is 2.48. The molecule has 0 amide bonds. The summed E-state index contributed by atoms with van der Waals surface area (Å²) in [4.78, 5) is 2.02. The van der Waals surface area contributed by atoms with Crippen molar-refractivity contribution in [3.8, 4) is 0 Å². The molecule has 1 fully saturated rings. The molecule has 0 atom stereocenters. The molecular weight excluding hydrogens is 305 g/mol. The van der Waals surface area contributed by atoms with E-state index in [1.807, 2.05) is 4.90 Å². The number of hydrogen-bond donors (Lipinski definition) is 0. The monoisotopic (exact) mass is 323 g/mol. The van der Waals surface area contributed by atoms with Crippen LogP contribution in [-0.2, 0) is 17.3 Å². The third-order valence-electron chi connectivity index (χ3n) is 3.69. The highest BCUT2D eigenvalue weighted by atomic mass is 19.4. The van der Waals surface area contributed by atoms with E-state index in [1.54, 1.807) is 0 Å². The summed E-state index contributed by atoms with van der Waals surface area (Å²) in [5.74, 6) is -4.88. The predicted octanol–water partition coefficient (Wildman–Crippen LogP) is 4.30. The van der Waals surface area contributed by atoms with Crippen molar-refractivity contribution in [1.29, 1.82) is 0 Å². The molecule has 0 radical (unpaired) electrons. The van der Waals surface area contributed by atoms with Gasteiger partial charge in [0.2, 0.25) is 0 Å². The fourth-order valence-corrected chi connectivity index (χ4v) is 2.48. The zero-order valence-electron chi connectivity index (χ0n) is 12.0. The second kappa shape index (κ2) is 6.91. The summed E-state index contributed by atoms with van der Waals surface area (Å²) < 4.78 is 69.9. The smallest absolute Gasteiger partial charge is 0.361 e. The number of benzene rings is 1. The molecule has 2 nitrogen and oxygen atoms in total. The van der Waals surface area contributed by atoms with E-state index in [0.29, 0.717) is 0 Å². The van der Waals surface area contributed by atoms with E-state index in [-0.39, 0.29) is 18.9 Å². The molecule has 1 aromatic carbocycles. The maximum Gasteiger partial charge on any atom is 0.458 e. The third kappa shape index (κ3) is 3.95. The molecule has 1 aromatic rings. The van der Waals surface area contributed by atoms with Gasteiger partial charge < -0.3 is 4.74 Å². The van der Waals surface area contributed by atoms with Crippen LogP contribution in [0.15, 0.2) is 24.3 Å². The molecule has 7 heteroatoms. The lowest BCUT2D eigenvalue weighted by atomic mass is 10.0. The van der Waals surface area contributed by atoms with E-state index in [2.05, 4.69) is 0 Å². The highest BCUT2D eigenvalue weighted by molar-refractivity contribution is 5.31. The van der Waals surface area contributed by atoms with Crippen LogP contribution in [0.4, 0.5) is 22.0 Å². The zero-order chi connectivity index (χ0) is 16.2. The van der Waals surface area contributed by atoms with Crippen molar-refractivity contribution >= 4 is 0 Å². The van der Waals surface area contributed by atoms with Crippen LogP contribution in [0.1, 0.15) is 30.4 Å². The Morgan fingerprint density at radius 3 is 2.23 bits per heavy atom. The van der Waals surface area contributed by atoms with Crippen molar-refractivity contribution in [1.82, 2.24) is 4.90 Å². The number of likely N-dealkylation sites (tertiary alicyclic amines) is 1. The van der Waals surface area contributed by atoms with Crippen LogP contribution in [0.25, 0.3) is 0 Å². The number of rotatable bonds is 5. The Morgan fingerprint density at radius 1 is 0.955 bits per heavy atom. The van der Waals surface area contributed by atoms with Crippen LogP contribution in [0, 0.1) is 0 Å². The van der Waals surface area contributed by atoms with Gasteiger partial charge in [-0.2, -0.15) is 22.0 Å². The molecule has 1 aliphatic rings. The van der Waals surface area contributed by atoms with Crippen molar-refractivity contribution in [2.75, 3.05) is 19.8 Å². The molecule has 0 aliphatic carbocycles. The van der Waals surface area contributed by atoms with Gasteiger partial charge in [-0.05, 0) is 18.4 Å². The van der Waals surface area contributed by atoms with E-state index < -0.39 is 17.7 Å². The predicted molar refractivity (Wildman–Crippen MR) is 71.5 cm³/mol. The first-order valence-electron chi connectivity index (χ1n) is 7.15. The highest BCUT2D eigenvalue weighted by Gasteiger charge is 2.59. The molecule has 0 N–H and O–H groups in total. The Bertz CT molecular complexity index is 483. The summed E-state index contributed by atoms with van der Waals surface area (Å²) in [6.45, 7) is 1.70. The van der Waals surface area contributed by atoms with Gasteiger partial charge in [-0.1, -0.05) is 30.7 Å². The van der Waals surface area contributed by atoms with Crippen LogP contribution < -0.4 is 0 Å². The largest absolute Gasteiger partial charge is 0.458 e. The molecule has 0 unspecified atom stereocenters. The second-order valence-corrected chi connectivity index (χ2v) is 5.39. The van der Waals surface area contributed by atoms with Gasteiger partial charge in [-0.15, -0.1) is 0 Å². The fraction of sp³-hybridized carbons (Fsp3) is 0.600. The van der Waals surface area contributed by atoms with Crippen molar-refractivity contribution < 1.29 is 26.7 Å². The minimum absolute atomic E-state index is 0.137. The average Bonchev–Trinajstić information content (AvgIpc) is 2.47. The molecule has 0 bridgehead atoms. The maximum atomic E-state index is 13.5. The lowest BCUT2D eigenvalue weighted by molar-refractivity contribution is -0.289. The Balaban J connectivity index is 2.02. The number of alkyl halides is 5. The van der Waals surface area contributed by atoms with E-state index in [9.17, 15) is 22.0 Å². The Hall–Kier alpha value is -1.21. The topological polar surface area (TPSA) is 12.5 Å². The van der Waals surface area contributed by atoms with E-state index in [0.717, 1.165) is 38.4 Å². The average molecular weight is 323 g/mol. The van der Waals surface area contributed by atoms with Crippen molar-refractivity contribution in [3.63, 3.8) is 0 Å². The van der Waals surface area contributed by atoms with Crippen LogP contribution in [0.5, 0.6) is 0 Å². The van der Waals surface area contributed by atoms with E-state index >= 15 is 0 Å². The first-order chi connectivity index (χ1) is 10.3. The van der Waals surface area contributed by atoms with Crippen molar-refractivity contribution in [3.05, 3.63) is 35.4 Å². The second-order valence-electron chi connectivity index (χ2n) is 5.39. The van der Waals surface area contributed by atoms with Gasteiger partial charge in [0.05, 0.1) is 13.3 Å². The first-order valence-corrected chi connectivity index (χ1v) is 7.15. The van der Waals surface area contributed by atoms with Gasteiger partial charge >= 0.3 is 12.1 Å². The molecular formula is C15H18F5NO. The van der Waals surface area contributed by atoms with Crippen molar-refractivity contribution in [2.24, 2.45) is 0 Å². The maximum absolute atomic E-state index is 13.5. The van der Waals surface area contributed by atoms with Gasteiger partial charge in [-0.25, -0.2) is 0 Å². The van der Waals surface area contributed by atoms with Crippen LogP contribution in [-0.4, -0.2) is 30.9 Å². The highest BCUT2D eigenvalue weighted by Crippen LogP contribution is 2.45. The number of piperidine rings is 1. The molecule has 1 heterocycles. The Kier molecular flexibility index (Phi) is 5.39. The molecule has 2 rings (SSSR count). The molecule has 0 saturated carbocycles. The van der Waals surface area contributed by atoms with Gasteiger partial charge in [0, 0.05) is 18.7 Å². The zero-order valence-corrected chi connectivity index (χ0v) is 12.0. The Morgan fingerprint density at radius 2 is 1.59 bits per heavy atom. The standard InChI is InChI=1S/C15H18F5NO/c16-14(17,15(18,19)20)13-7-3-2-6-12(13)10-22-11-21-8-4-1-5-9-21/h2-3,6-7H,1,4-5,8-11H2.